The van der Waals surface area contributed by atoms with Gasteiger partial charge in [0.25, 0.3) is 0 Å². The average molecular weight is 523 g/mol. The van der Waals surface area contributed by atoms with Gasteiger partial charge in [0.15, 0.2) is 0 Å². The van der Waals surface area contributed by atoms with E-state index in [0.717, 1.165) is 12.3 Å². The van der Waals surface area contributed by atoms with Gasteiger partial charge in [-0.15, -0.1) is 0 Å². The summed E-state index contributed by atoms with van der Waals surface area (Å²) < 4.78 is 62.8. The summed E-state index contributed by atoms with van der Waals surface area (Å²) in [4.78, 5) is 15.0. The molecule has 33 heavy (non-hydrogen) atoms. The third kappa shape index (κ3) is 5.14. The van der Waals surface area contributed by atoms with Gasteiger partial charge in [0.2, 0.25) is 5.95 Å². The van der Waals surface area contributed by atoms with E-state index in [-0.39, 0.29) is 6.61 Å². The molecule has 0 saturated carbocycles. The molecule has 0 bridgehead atoms. The molecule has 0 aliphatic rings. The van der Waals surface area contributed by atoms with E-state index in [0.29, 0.717) is 44.4 Å². The number of alkyl halides is 3. The highest BCUT2D eigenvalue weighted by molar-refractivity contribution is 9.10. The summed E-state index contributed by atoms with van der Waals surface area (Å²) in [5.74, 6) is 0.796. The van der Waals surface area contributed by atoms with Crippen LogP contribution in [-0.2, 0) is 12.8 Å². The minimum atomic E-state index is -4.44. The summed E-state index contributed by atoms with van der Waals surface area (Å²) in [5, 5.41) is 0. The molecular formula is C22H15BrF4N4O2. The standard InChI is InChI=1S/C22H15BrF4N4O2/c1-32-17-8-15(33-11-14-4-3-13(10-28-14)22(25,26)27)5-6-16(17)19-20(23)31-21(30-19)12-2-7-18(24)29-9-12/h2-10H,11H2,1H3,(H,30,31). The Labute approximate surface area is 193 Å². The Kier molecular flexibility index (Phi) is 6.32. The minimum Gasteiger partial charge on any atom is -0.496 e. The van der Waals surface area contributed by atoms with Crippen LogP contribution >= 0.6 is 15.9 Å². The predicted molar refractivity (Wildman–Crippen MR) is 115 cm³/mol. The van der Waals surface area contributed by atoms with Crippen LogP contribution in [0.2, 0.25) is 0 Å². The van der Waals surface area contributed by atoms with Gasteiger partial charge in [-0.2, -0.15) is 17.6 Å². The number of aromatic nitrogens is 4. The van der Waals surface area contributed by atoms with Crippen LogP contribution in [0.4, 0.5) is 17.6 Å². The smallest absolute Gasteiger partial charge is 0.417 e. The zero-order chi connectivity index (χ0) is 23.6. The molecule has 0 spiro atoms. The number of hydrogen-bond donors (Lipinski definition) is 1. The van der Waals surface area contributed by atoms with Crippen LogP contribution in [0.25, 0.3) is 22.6 Å². The van der Waals surface area contributed by atoms with E-state index in [9.17, 15) is 17.6 Å². The van der Waals surface area contributed by atoms with Gasteiger partial charge in [0.1, 0.15) is 34.2 Å². The first-order valence-electron chi connectivity index (χ1n) is 9.45. The van der Waals surface area contributed by atoms with E-state index in [1.54, 1.807) is 24.3 Å². The normalized spacial score (nSPS) is 11.5. The lowest BCUT2D eigenvalue weighted by molar-refractivity contribution is -0.137. The zero-order valence-electron chi connectivity index (χ0n) is 17.0. The zero-order valence-corrected chi connectivity index (χ0v) is 18.5. The highest BCUT2D eigenvalue weighted by Gasteiger charge is 2.30. The Hall–Kier alpha value is -3.47. The first-order chi connectivity index (χ1) is 15.7. The van der Waals surface area contributed by atoms with Crippen molar-refractivity contribution in [1.82, 2.24) is 19.9 Å². The molecule has 0 radical (unpaired) electrons. The topological polar surface area (TPSA) is 72.9 Å². The Bertz CT molecular complexity index is 1260. The van der Waals surface area contributed by atoms with Crippen LogP contribution in [-0.4, -0.2) is 27.0 Å². The minimum absolute atomic E-state index is 0.0194. The fourth-order valence-electron chi connectivity index (χ4n) is 2.97. The molecule has 3 aromatic heterocycles. The lowest BCUT2D eigenvalue weighted by Gasteiger charge is -2.11. The van der Waals surface area contributed by atoms with E-state index in [2.05, 4.69) is 35.9 Å². The van der Waals surface area contributed by atoms with Crippen molar-refractivity contribution < 1.29 is 27.0 Å². The molecule has 0 aliphatic heterocycles. The molecule has 1 N–H and O–H groups in total. The Morgan fingerprint density at radius 2 is 1.85 bits per heavy atom. The van der Waals surface area contributed by atoms with Crippen molar-refractivity contribution in [3.63, 3.8) is 0 Å². The van der Waals surface area contributed by atoms with Crippen LogP contribution in [0, 0.1) is 5.95 Å². The van der Waals surface area contributed by atoms with Gasteiger partial charge in [-0.3, -0.25) is 4.98 Å². The monoisotopic (exact) mass is 522 g/mol. The molecule has 170 valence electrons. The predicted octanol–water partition coefficient (Wildman–Crippen LogP) is 6.04. The van der Waals surface area contributed by atoms with Gasteiger partial charge < -0.3 is 14.5 Å². The Morgan fingerprint density at radius 3 is 2.48 bits per heavy atom. The van der Waals surface area contributed by atoms with Crippen molar-refractivity contribution in [3.05, 3.63) is 76.7 Å². The summed E-state index contributed by atoms with van der Waals surface area (Å²) in [6.45, 7) is -0.0194. The van der Waals surface area contributed by atoms with Crippen molar-refractivity contribution in [3.8, 4) is 34.1 Å². The number of imidazole rings is 1. The van der Waals surface area contributed by atoms with Crippen LogP contribution in [0.5, 0.6) is 11.5 Å². The van der Waals surface area contributed by atoms with E-state index in [1.807, 2.05) is 0 Å². The third-order valence-electron chi connectivity index (χ3n) is 4.63. The fourth-order valence-corrected chi connectivity index (χ4v) is 3.46. The van der Waals surface area contributed by atoms with E-state index >= 15 is 0 Å². The molecule has 0 unspecified atom stereocenters. The molecule has 4 aromatic rings. The van der Waals surface area contributed by atoms with E-state index in [4.69, 9.17) is 9.47 Å². The maximum absolute atomic E-state index is 13.1. The highest BCUT2D eigenvalue weighted by atomic mass is 79.9. The maximum atomic E-state index is 13.1. The molecule has 6 nitrogen and oxygen atoms in total. The van der Waals surface area contributed by atoms with Crippen LogP contribution in [0.3, 0.4) is 0 Å². The van der Waals surface area contributed by atoms with Gasteiger partial charge in [-0.25, -0.2) is 9.97 Å². The van der Waals surface area contributed by atoms with Crippen LogP contribution in [0.1, 0.15) is 11.3 Å². The Balaban J connectivity index is 1.53. The van der Waals surface area contributed by atoms with E-state index < -0.39 is 17.7 Å². The van der Waals surface area contributed by atoms with Gasteiger partial charge >= 0.3 is 6.18 Å². The van der Waals surface area contributed by atoms with Gasteiger partial charge in [0, 0.05) is 29.6 Å². The van der Waals surface area contributed by atoms with Gasteiger partial charge in [-0.1, -0.05) is 0 Å². The number of nitrogens with zero attached hydrogens (tertiary/aromatic N) is 3. The molecule has 0 saturated heterocycles. The molecule has 3 heterocycles. The molecule has 4 rings (SSSR count). The quantitative estimate of drug-likeness (QED) is 0.247. The van der Waals surface area contributed by atoms with Crippen molar-refractivity contribution in [2.45, 2.75) is 12.8 Å². The first kappa shape index (κ1) is 22.7. The van der Waals surface area contributed by atoms with Crippen LogP contribution in [0.15, 0.2) is 59.5 Å². The van der Waals surface area contributed by atoms with Crippen molar-refractivity contribution >= 4 is 15.9 Å². The van der Waals surface area contributed by atoms with Gasteiger partial charge in [-0.05, 0) is 52.3 Å². The fraction of sp³-hybridized carbons (Fsp3) is 0.136. The first-order valence-corrected chi connectivity index (χ1v) is 10.2. The largest absolute Gasteiger partial charge is 0.496 e. The third-order valence-corrected chi connectivity index (χ3v) is 5.20. The number of rotatable bonds is 6. The number of nitrogens with one attached hydrogen (secondary N) is 1. The average Bonchev–Trinajstić information content (AvgIpc) is 3.19. The van der Waals surface area contributed by atoms with Crippen LogP contribution < -0.4 is 9.47 Å². The number of pyridine rings is 2. The molecule has 0 aliphatic carbocycles. The number of ether oxygens (including phenoxy) is 2. The molecular weight excluding hydrogens is 508 g/mol. The molecule has 0 amide bonds. The van der Waals surface area contributed by atoms with E-state index in [1.165, 1.54) is 25.4 Å². The number of H-pyrrole nitrogens is 1. The number of halogens is 5. The summed E-state index contributed by atoms with van der Waals surface area (Å²) in [5.41, 5.74) is 1.34. The second-order valence-corrected chi connectivity index (χ2v) is 7.60. The maximum Gasteiger partial charge on any atom is 0.417 e. The second kappa shape index (κ2) is 9.18. The molecule has 1 aromatic carbocycles. The highest BCUT2D eigenvalue weighted by Crippen LogP contribution is 2.37. The van der Waals surface area contributed by atoms with Crippen molar-refractivity contribution in [2.75, 3.05) is 7.11 Å². The number of benzene rings is 1. The number of methoxy groups -OCH3 is 1. The number of aromatic amines is 1. The van der Waals surface area contributed by atoms with Crippen molar-refractivity contribution in [2.24, 2.45) is 0 Å². The summed E-state index contributed by atoms with van der Waals surface area (Å²) in [6.07, 6.45) is -2.30. The molecule has 0 atom stereocenters. The SMILES string of the molecule is COc1cc(OCc2ccc(C(F)(F)F)cn2)ccc1-c1nc(-c2ccc(F)nc2)[nH]c1Br. The summed E-state index contributed by atoms with van der Waals surface area (Å²) in [6, 6.07) is 10.1. The molecule has 11 heteroatoms. The lowest BCUT2D eigenvalue weighted by atomic mass is 10.1. The lowest BCUT2D eigenvalue weighted by Crippen LogP contribution is -2.06. The molecule has 0 fully saturated rings. The van der Waals surface area contributed by atoms with Crippen molar-refractivity contribution in [1.29, 1.82) is 0 Å². The number of hydrogen-bond acceptors (Lipinski definition) is 5. The Morgan fingerprint density at radius 1 is 1.03 bits per heavy atom. The summed E-state index contributed by atoms with van der Waals surface area (Å²) in [7, 11) is 1.49. The summed E-state index contributed by atoms with van der Waals surface area (Å²) >= 11 is 3.44. The second-order valence-electron chi connectivity index (χ2n) is 6.80. The van der Waals surface area contributed by atoms with Gasteiger partial charge in [0.05, 0.1) is 18.4 Å².